The number of fused-ring (bicyclic) bond motifs is 1. The van der Waals surface area contributed by atoms with Gasteiger partial charge in [0.25, 0.3) is 5.56 Å². The summed E-state index contributed by atoms with van der Waals surface area (Å²) in [4.78, 5) is 30.5. The number of nitrogens with zero attached hydrogens (tertiary/aromatic N) is 5. The van der Waals surface area contributed by atoms with Crippen LogP contribution in [-0.2, 0) is 11.3 Å². The number of aromatic nitrogens is 5. The first-order valence-corrected chi connectivity index (χ1v) is 9.10. The van der Waals surface area contributed by atoms with E-state index in [-0.39, 0.29) is 17.9 Å². The van der Waals surface area contributed by atoms with Gasteiger partial charge in [0, 0.05) is 22.7 Å². The van der Waals surface area contributed by atoms with Crippen LogP contribution in [-0.4, -0.2) is 30.3 Å². The Morgan fingerprint density at radius 1 is 1.30 bits per heavy atom. The predicted molar refractivity (Wildman–Crippen MR) is 99.6 cm³/mol. The second-order valence-corrected chi connectivity index (χ2v) is 6.93. The van der Waals surface area contributed by atoms with Crippen molar-refractivity contribution in [1.29, 1.82) is 0 Å². The first kappa shape index (κ1) is 17.4. The van der Waals surface area contributed by atoms with Gasteiger partial charge in [-0.2, -0.15) is 9.90 Å². The smallest absolute Gasteiger partial charge is 0.361 e. The summed E-state index contributed by atoms with van der Waals surface area (Å²) in [6.07, 6.45) is 1.64. The van der Waals surface area contributed by atoms with E-state index in [1.165, 1.54) is 26.6 Å². The lowest BCUT2D eigenvalue weighted by atomic mass is 10.3. The molecule has 0 saturated carbocycles. The Morgan fingerprint density at radius 2 is 2.15 bits per heavy atom. The number of esters is 1. The lowest BCUT2D eigenvalue weighted by Crippen LogP contribution is -2.15. The standard InChI is InChI=1S/C17H12ClN5O3S/c1-10-15(21-23(20-10)13-4-2-3-11(18)7-13)16(25)26-9-12-8-14(24)22-5-6-27-17(22)19-12/h2-8H,9H2,1H3. The largest absolute Gasteiger partial charge is 0.454 e. The third-order valence-corrected chi connectivity index (χ3v) is 4.71. The van der Waals surface area contributed by atoms with E-state index in [1.54, 1.807) is 42.8 Å². The maximum absolute atomic E-state index is 12.4. The highest BCUT2D eigenvalue weighted by atomic mass is 35.5. The molecule has 136 valence electrons. The first-order valence-electron chi connectivity index (χ1n) is 7.84. The molecule has 8 nitrogen and oxygen atoms in total. The van der Waals surface area contributed by atoms with Crippen molar-refractivity contribution in [3.8, 4) is 5.69 Å². The van der Waals surface area contributed by atoms with Crippen molar-refractivity contribution in [2.45, 2.75) is 13.5 Å². The van der Waals surface area contributed by atoms with Gasteiger partial charge in [0.05, 0.1) is 17.1 Å². The molecule has 0 aliphatic heterocycles. The topological polar surface area (TPSA) is 91.4 Å². The lowest BCUT2D eigenvalue weighted by molar-refractivity contribution is 0.0459. The van der Waals surface area contributed by atoms with Gasteiger partial charge in [-0.1, -0.05) is 17.7 Å². The van der Waals surface area contributed by atoms with Crippen molar-refractivity contribution >= 4 is 33.9 Å². The van der Waals surface area contributed by atoms with E-state index in [4.69, 9.17) is 16.3 Å². The fourth-order valence-corrected chi connectivity index (χ4v) is 3.38. The predicted octanol–water partition coefficient (Wildman–Crippen LogP) is 2.66. The van der Waals surface area contributed by atoms with Gasteiger partial charge in [-0.15, -0.1) is 16.4 Å². The van der Waals surface area contributed by atoms with Gasteiger partial charge in [-0.25, -0.2) is 9.78 Å². The van der Waals surface area contributed by atoms with Crippen LogP contribution < -0.4 is 5.56 Å². The number of ether oxygens (including phenoxy) is 1. The van der Waals surface area contributed by atoms with E-state index >= 15 is 0 Å². The average Bonchev–Trinajstić information content (AvgIpc) is 3.26. The van der Waals surface area contributed by atoms with Gasteiger partial charge in [0.2, 0.25) is 0 Å². The van der Waals surface area contributed by atoms with Crippen LogP contribution in [0.25, 0.3) is 10.6 Å². The molecule has 0 unspecified atom stereocenters. The fourth-order valence-electron chi connectivity index (χ4n) is 2.45. The Morgan fingerprint density at radius 3 is 2.96 bits per heavy atom. The molecule has 0 aliphatic rings. The van der Waals surface area contributed by atoms with Crippen molar-refractivity contribution < 1.29 is 9.53 Å². The molecule has 4 rings (SSSR count). The third-order valence-electron chi connectivity index (χ3n) is 3.72. The van der Waals surface area contributed by atoms with Gasteiger partial charge >= 0.3 is 5.97 Å². The van der Waals surface area contributed by atoms with Crippen LogP contribution in [0, 0.1) is 6.92 Å². The summed E-state index contributed by atoms with van der Waals surface area (Å²) in [5.74, 6) is -0.644. The molecule has 3 aromatic heterocycles. The van der Waals surface area contributed by atoms with Gasteiger partial charge in [-0.05, 0) is 25.1 Å². The summed E-state index contributed by atoms with van der Waals surface area (Å²) in [7, 11) is 0. The zero-order chi connectivity index (χ0) is 19.0. The van der Waals surface area contributed by atoms with E-state index in [2.05, 4.69) is 15.2 Å². The van der Waals surface area contributed by atoms with Gasteiger partial charge in [0.1, 0.15) is 6.61 Å². The maximum atomic E-state index is 12.4. The normalized spacial score (nSPS) is 11.0. The van der Waals surface area contributed by atoms with Crippen LogP contribution in [0.3, 0.4) is 0 Å². The van der Waals surface area contributed by atoms with E-state index in [9.17, 15) is 9.59 Å². The molecule has 10 heteroatoms. The SMILES string of the molecule is Cc1nn(-c2cccc(Cl)c2)nc1C(=O)OCc1cc(=O)n2ccsc2n1. The highest BCUT2D eigenvalue weighted by Gasteiger charge is 2.18. The molecule has 0 spiro atoms. The number of carbonyl (C=O) groups excluding carboxylic acids is 1. The third kappa shape index (κ3) is 3.46. The first-order chi connectivity index (χ1) is 13.0. The van der Waals surface area contributed by atoms with E-state index in [0.717, 1.165) is 0 Å². The Labute approximate surface area is 161 Å². The van der Waals surface area contributed by atoms with Crippen molar-refractivity contribution in [3.05, 3.63) is 74.4 Å². The van der Waals surface area contributed by atoms with Crippen LogP contribution in [0.15, 0.2) is 46.7 Å². The molecule has 0 radical (unpaired) electrons. The minimum absolute atomic E-state index is 0.0869. The van der Waals surface area contributed by atoms with Crippen molar-refractivity contribution in [3.63, 3.8) is 0 Å². The molecule has 27 heavy (non-hydrogen) atoms. The maximum Gasteiger partial charge on any atom is 0.361 e. The molecular formula is C17H12ClN5O3S. The highest BCUT2D eigenvalue weighted by molar-refractivity contribution is 7.15. The molecule has 0 atom stereocenters. The molecular weight excluding hydrogens is 390 g/mol. The van der Waals surface area contributed by atoms with Gasteiger partial charge in [-0.3, -0.25) is 9.20 Å². The molecule has 0 amide bonds. The Hall–Kier alpha value is -3.04. The van der Waals surface area contributed by atoms with Crippen LogP contribution in [0.4, 0.5) is 0 Å². The fraction of sp³-hybridized carbons (Fsp3) is 0.118. The molecule has 0 fully saturated rings. The van der Waals surface area contributed by atoms with E-state index in [1.807, 2.05) is 0 Å². The van der Waals surface area contributed by atoms with Crippen molar-refractivity contribution in [2.24, 2.45) is 0 Å². The van der Waals surface area contributed by atoms with Crippen LogP contribution in [0.5, 0.6) is 0 Å². The Balaban J connectivity index is 1.53. The molecule has 3 heterocycles. The second kappa shape index (κ2) is 6.93. The van der Waals surface area contributed by atoms with Gasteiger partial charge in [0.15, 0.2) is 10.7 Å². The quantitative estimate of drug-likeness (QED) is 0.488. The van der Waals surface area contributed by atoms with Crippen LogP contribution >= 0.6 is 22.9 Å². The Kier molecular flexibility index (Phi) is 4.46. The minimum atomic E-state index is -0.644. The zero-order valence-corrected chi connectivity index (χ0v) is 15.6. The van der Waals surface area contributed by atoms with Crippen LogP contribution in [0.2, 0.25) is 5.02 Å². The summed E-state index contributed by atoms with van der Waals surface area (Å²) >= 11 is 7.30. The molecule has 0 saturated heterocycles. The number of hydrogen-bond donors (Lipinski definition) is 0. The monoisotopic (exact) mass is 401 g/mol. The summed E-state index contributed by atoms with van der Waals surface area (Å²) in [5.41, 5.74) is 1.28. The highest BCUT2D eigenvalue weighted by Crippen LogP contribution is 2.15. The van der Waals surface area contributed by atoms with Gasteiger partial charge < -0.3 is 4.74 Å². The van der Waals surface area contributed by atoms with E-state index < -0.39 is 5.97 Å². The van der Waals surface area contributed by atoms with Crippen molar-refractivity contribution in [2.75, 3.05) is 0 Å². The average molecular weight is 402 g/mol. The number of rotatable bonds is 4. The summed E-state index contributed by atoms with van der Waals surface area (Å²) < 4.78 is 6.69. The zero-order valence-electron chi connectivity index (χ0n) is 14.0. The number of hydrogen-bond acceptors (Lipinski definition) is 7. The summed E-state index contributed by atoms with van der Waals surface area (Å²) in [6, 6.07) is 8.29. The second-order valence-electron chi connectivity index (χ2n) is 5.62. The lowest BCUT2D eigenvalue weighted by Gasteiger charge is -2.03. The van der Waals surface area contributed by atoms with Crippen LogP contribution in [0.1, 0.15) is 21.9 Å². The number of halogens is 1. The number of benzene rings is 1. The molecule has 1 aromatic carbocycles. The number of thiazole rings is 1. The summed E-state index contributed by atoms with van der Waals surface area (Å²) in [6.45, 7) is 1.53. The number of carbonyl (C=O) groups is 1. The minimum Gasteiger partial charge on any atom is -0.454 e. The Bertz CT molecular complexity index is 1210. The number of aryl methyl sites for hydroxylation is 1. The van der Waals surface area contributed by atoms with E-state index in [0.29, 0.717) is 27.1 Å². The van der Waals surface area contributed by atoms with Crippen molar-refractivity contribution in [1.82, 2.24) is 24.4 Å². The molecule has 4 aromatic rings. The molecule has 0 aliphatic carbocycles. The summed E-state index contributed by atoms with van der Waals surface area (Å²) in [5, 5.41) is 10.7. The molecule has 0 bridgehead atoms. The molecule has 0 N–H and O–H groups in total.